The summed E-state index contributed by atoms with van der Waals surface area (Å²) in [6.07, 6.45) is 4.54. The lowest BCUT2D eigenvalue weighted by Gasteiger charge is -2.35. The Morgan fingerprint density at radius 3 is 2.79 bits per heavy atom. The Hall–Kier alpha value is -2.38. The first kappa shape index (κ1) is 19.0. The van der Waals surface area contributed by atoms with Crippen molar-refractivity contribution in [2.75, 3.05) is 20.2 Å². The van der Waals surface area contributed by atoms with Gasteiger partial charge in [-0.2, -0.15) is 0 Å². The Morgan fingerprint density at radius 1 is 1.29 bits per heavy atom. The summed E-state index contributed by atoms with van der Waals surface area (Å²) >= 11 is 0. The van der Waals surface area contributed by atoms with Crippen molar-refractivity contribution in [2.45, 2.75) is 31.6 Å². The van der Waals surface area contributed by atoms with E-state index in [2.05, 4.69) is 14.5 Å². The molecule has 4 rings (SSSR count). The summed E-state index contributed by atoms with van der Waals surface area (Å²) in [5.41, 5.74) is 1.65. The molecule has 2 aliphatic rings. The number of ether oxygens (including phenoxy) is 2. The van der Waals surface area contributed by atoms with E-state index in [1.165, 1.54) is 12.8 Å². The Labute approximate surface area is 164 Å². The van der Waals surface area contributed by atoms with Crippen molar-refractivity contribution in [1.82, 2.24) is 14.5 Å². The highest BCUT2D eigenvalue weighted by Gasteiger charge is 2.42. The minimum Gasteiger partial charge on any atom is -0.488 e. The lowest BCUT2D eigenvalue weighted by molar-refractivity contribution is -0.0231. The number of carbonyl (C=O) groups excluding carboxylic acids is 1. The monoisotopic (exact) mass is 385 g/mol. The van der Waals surface area contributed by atoms with Crippen LogP contribution in [0.4, 0.5) is 0 Å². The van der Waals surface area contributed by atoms with Gasteiger partial charge in [0.15, 0.2) is 0 Å². The maximum atomic E-state index is 11.7. The van der Waals surface area contributed by atoms with E-state index in [-0.39, 0.29) is 6.10 Å². The Morgan fingerprint density at radius 2 is 2.07 bits per heavy atom. The first-order chi connectivity index (χ1) is 13.5. The fraction of sp³-hybridized carbons (Fsp3) is 0.524. The minimum atomic E-state index is -0.500. The lowest BCUT2D eigenvalue weighted by atomic mass is 9.78. The predicted octanol–water partition coefficient (Wildman–Crippen LogP) is 1.86. The number of methoxy groups -OCH3 is 1. The van der Waals surface area contributed by atoms with Gasteiger partial charge in [0.2, 0.25) is 0 Å². The van der Waals surface area contributed by atoms with Crippen LogP contribution in [0.2, 0.25) is 0 Å². The van der Waals surface area contributed by atoms with Gasteiger partial charge < -0.3 is 19.1 Å². The molecule has 0 radical (unpaired) electrons. The zero-order chi connectivity index (χ0) is 19.7. The number of fused-ring (bicyclic) bond motifs is 1. The van der Waals surface area contributed by atoms with Crippen LogP contribution in [-0.2, 0) is 18.3 Å². The molecule has 1 aliphatic heterocycles. The van der Waals surface area contributed by atoms with Crippen LogP contribution in [0.15, 0.2) is 36.8 Å². The number of hydrogen-bond acceptors (Lipinski definition) is 6. The molecule has 0 amide bonds. The molecule has 1 aromatic carbocycles. The van der Waals surface area contributed by atoms with Crippen LogP contribution < -0.4 is 4.74 Å². The Balaban J connectivity index is 1.39. The van der Waals surface area contributed by atoms with Crippen LogP contribution in [0.25, 0.3) is 0 Å². The summed E-state index contributed by atoms with van der Waals surface area (Å²) in [5.74, 6) is 1.20. The molecule has 1 N–H and O–H groups in total. The molecule has 2 aromatic rings. The van der Waals surface area contributed by atoms with Crippen LogP contribution >= 0.6 is 0 Å². The molecule has 2 heterocycles. The lowest BCUT2D eigenvalue weighted by Crippen LogP contribution is -2.42. The second kappa shape index (κ2) is 7.93. The van der Waals surface area contributed by atoms with Gasteiger partial charge >= 0.3 is 5.97 Å². The normalized spacial score (nSPS) is 27.4. The molecule has 0 unspecified atom stereocenters. The molecular weight excluding hydrogens is 358 g/mol. The van der Waals surface area contributed by atoms with Gasteiger partial charge in [-0.1, -0.05) is 6.07 Å². The van der Waals surface area contributed by atoms with E-state index in [1.54, 1.807) is 18.2 Å². The first-order valence-electron chi connectivity index (χ1n) is 9.74. The zero-order valence-electron chi connectivity index (χ0n) is 16.3. The number of likely N-dealkylation sites (tertiary alicyclic amines) is 1. The minimum absolute atomic E-state index is 0.259. The number of carbonyl (C=O) groups is 1. The molecule has 1 saturated heterocycles. The predicted molar refractivity (Wildman–Crippen MR) is 103 cm³/mol. The molecule has 7 nitrogen and oxygen atoms in total. The second-order valence-electron chi connectivity index (χ2n) is 7.92. The molecule has 0 spiro atoms. The highest BCUT2D eigenvalue weighted by molar-refractivity contribution is 5.89. The number of aliphatic hydroxyl groups is 1. The van der Waals surface area contributed by atoms with Gasteiger partial charge in [0, 0.05) is 32.9 Å². The third kappa shape index (κ3) is 3.91. The SMILES string of the molecule is COC(=O)c1cccc(O[C@@H]2C[C@@H]3CN(Cc4cncn4C)C[C@@H]3C[C@H]2O)c1. The number of aromatic nitrogens is 2. The summed E-state index contributed by atoms with van der Waals surface area (Å²) < 4.78 is 12.9. The smallest absolute Gasteiger partial charge is 0.337 e. The number of aliphatic hydroxyl groups excluding tert-OH is 1. The molecule has 2 fully saturated rings. The van der Waals surface area contributed by atoms with Crippen LogP contribution in [-0.4, -0.2) is 57.9 Å². The van der Waals surface area contributed by atoms with Crippen LogP contribution in [0.5, 0.6) is 5.75 Å². The number of esters is 1. The van der Waals surface area contributed by atoms with Crippen molar-refractivity contribution in [3.63, 3.8) is 0 Å². The third-order valence-corrected chi connectivity index (χ3v) is 6.01. The largest absolute Gasteiger partial charge is 0.488 e. The zero-order valence-corrected chi connectivity index (χ0v) is 16.3. The maximum Gasteiger partial charge on any atom is 0.337 e. The number of rotatable bonds is 5. The van der Waals surface area contributed by atoms with Crippen molar-refractivity contribution >= 4 is 5.97 Å². The topological polar surface area (TPSA) is 76.8 Å². The quantitative estimate of drug-likeness (QED) is 0.792. The summed E-state index contributed by atoms with van der Waals surface area (Å²) in [4.78, 5) is 18.4. The number of aryl methyl sites for hydroxylation is 1. The Kier molecular flexibility index (Phi) is 5.37. The van der Waals surface area contributed by atoms with Crippen molar-refractivity contribution in [3.05, 3.63) is 48.0 Å². The Bertz CT molecular complexity index is 837. The third-order valence-electron chi connectivity index (χ3n) is 6.01. The molecular formula is C21H27N3O4. The second-order valence-corrected chi connectivity index (χ2v) is 7.92. The molecule has 1 aliphatic carbocycles. The van der Waals surface area contributed by atoms with E-state index >= 15 is 0 Å². The van der Waals surface area contributed by atoms with Crippen molar-refractivity contribution in [3.8, 4) is 5.75 Å². The molecule has 4 atom stereocenters. The number of nitrogens with zero attached hydrogens (tertiary/aromatic N) is 3. The maximum absolute atomic E-state index is 11.7. The molecule has 28 heavy (non-hydrogen) atoms. The van der Waals surface area contributed by atoms with Gasteiger partial charge in [0.05, 0.1) is 30.8 Å². The van der Waals surface area contributed by atoms with Crippen LogP contribution in [0.3, 0.4) is 0 Å². The summed E-state index contributed by atoms with van der Waals surface area (Å²) in [5, 5.41) is 10.6. The van der Waals surface area contributed by atoms with E-state index in [0.29, 0.717) is 23.1 Å². The van der Waals surface area contributed by atoms with E-state index in [4.69, 9.17) is 9.47 Å². The van der Waals surface area contributed by atoms with E-state index in [1.807, 2.05) is 25.6 Å². The molecule has 1 aromatic heterocycles. The highest BCUT2D eigenvalue weighted by Crippen LogP contribution is 2.38. The molecule has 150 valence electrons. The standard InChI is InChI=1S/C21H27N3O4/c1-23-13-22-9-17(23)12-24-10-15-7-19(25)20(8-16(15)11-24)28-18-5-3-4-14(6-18)21(26)27-2/h3-6,9,13,15-16,19-20,25H,7-8,10-12H2,1-2H3/t15-,16+,19+,20+/m0/s1. The first-order valence-corrected chi connectivity index (χ1v) is 9.74. The van der Waals surface area contributed by atoms with Crippen molar-refractivity contribution in [1.29, 1.82) is 0 Å². The van der Waals surface area contributed by atoms with Crippen LogP contribution in [0.1, 0.15) is 28.9 Å². The van der Waals surface area contributed by atoms with E-state index < -0.39 is 12.1 Å². The molecule has 0 bridgehead atoms. The molecule has 1 saturated carbocycles. The van der Waals surface area contributed by atoms with E-state index in [9.17, 15) is 9.90 Å². The summed E-state index contributed by atoms with van der Waals surface area (Å²) in [6, 6.07) is 6.95. The summed E-state index contributed by atoms with van der Waals surface area (Å²) in [6.45, 7) is 2.88. The van der Waals surface area contributed by atoms with Gasteiger partial charge in [-0.3, -0.25) is 4.90 Å². The number of hydrogen-bond donors (Lipinski definition) is 1. The van der Waals surface area contributed by atoms with E-state index in [0.717, 1.165) is 32.5 Å². The highest BCUT2D eigenvalue weighted by atomic mass is 16.5. The van der Waals surface area contributed by atoms with Crippen molar-refractivity contribution in [2.24, 2.45) is 18.9 Å². The van der Waals surface area contributed by atoms with Gasteiger partial charge in [-0.15, -0.1) is 0 Å². The average Bonchev–Trinajstić information content (AvgIpc) is 3.27. The van der Waals surface area contributed by atoms with Gasteiger partial charge in [-0.05, 0) is 42.9 Å². The fourth-order valence-corrected chi connectivity index (χ4v) is 4.50. The number of imidazole rings is 1. The fourth-order valence-electron chi connectivity index (χ4n) is 4.50. The van der Waals surface area contributed by atoms with Gasteiger partial charge in [0.25, 0.3) is 0 Å². The average molecular weight is 385 g/mol. The summed E-state index contributed by atoms with van der Waals surface area (Å²) in [7, 11) is 3.37. The molecule has 7 heteroatoms. The van der Waals surface area contributed by atoms with Gasteiger partial charge in [0.1, 0.15) is 11.9 Å². The number of benzene rings is 1. The van der Waals surface area contributed by atoms with Gasteiger partial charge in [-0.25, -0.2) is 9.78 Å². The van der Waals surface area contributed by atoms with Crippen molar-refractivity contribution < 1.29 is 19.4 Å². The van der Waals surface area contributed by atoms with Crippen LogP contribution in [0, 0.1) is 11.8 Å².